The Morgan fingerprint density at radius 1 is 0.686 bits per heavy atom. The van der Waals surface area contributed by atoms with Crippen molar-refractivity contribution in [2.45, 2.75) is 25.7 Å². The van der Waals surface area contributed by atoms with E-state index in [1.165, 1.54) is 28.9 Å². The van der Waals surface area contributed by atoms with Crippen LogP contribution < -0.4 is 19.3 Å². The van der Waals surface area contributed by atoms with Crippen LogP contribution in [0.5, 0.6) is 11.5 Å². The van der Waals surface area contributed by atoms with Crippen LogP contribution in [0.25, 0.3) is 21.5 Å². The summed E-state index contributed by atoms with van der Waals surface area (Å²) in [4.78, 5) is 98.1. The highest BCUT2D eigenvalue weighted by atomic mass is 35.5. The van der Waals surface area contributed by atoms with Crippen molar-refractivity contribution >= 4 is 97.5 Å². The van der Waals surface area contributed by atoms with Gasteiger partial charge in [-0.25, -0.2) is 4.79 Å². The summed E-state index contributed by atoms with van der Waals surface area (Å²) in [6.45, 7) is 4.19. The van der Waals surface area contributed by atoms with Crippen molar-refractivity contribution in [3.63, 3.8) is 0 Å². The molecule has 366 valence electrons. The number of amides is 6. The molecule has 17 nitrogen and oxygen atoms in total. The fourth-order valence-corrected chi connectivity index (χ4v) is 9.88. The number of benzene rings is 4. The van der Waals surface area contributed by atoms with Crippen molar-refractivity contribution in [3.8, 4) is 11.5 Å². The molecule has 1 atom stereocenters. The lowest BCUT2D eigenvalue weighted by atomic mass is 9.95. The molecule has 0 bridgehead atoms. The molecule has 0 fully saturated rings. The molecule has 19 heteroatoms. The Bertz CT molecular complexity index is 2870. The molecule has 0 saturated heterocycles. The van der Waals surface area contributed by atoms with Crippen LogP contribution >= 0.6 is 22.9 Å². The van der Waals surface area contributed by atoms with Crippen LogP contribution in [0.2, 0.25) is 0 Å². The van der Waals surface area contributed by atoms with Gasteiger partial charge in [0.1, 0.15) is 11.5 Å². The zero-order valence-corrected chi connectivity index (χ0v) is 40.6. The third-order valence-corrected chi connectivity index (χ3v) is 13.8. The van der Waals surface area contributed by atoms with Crippen LogP contribution in [0.4, 0.5) is 16.2 Å². The number of imide groups is 1. The number of nitrogens with zero attached hydrogens (tertiary/aromatic N) is 5. The van der Waals surface area contributed by atoms with E-state index in [9.17, 15) is 33.6 Å². The number of carbonyl (C=O) groups excluding carboxylic acids is 7. The Morgan fingerprint density at radius 2 is 1.24 bits per heavy atom. The fraction of sp³-hybridized carbons (Fsp3) is 0.353. The lowest BCUT2D eigenvalue weighted by molar-refractivity contribution is -0.138. The Balaban J connectivity index is 0.835. The lowest BCUT2D eigenvalue weighted by Gasteiger charge is -2.23. The van der Waals surface area contributed by atoms with E-state index in [1.807, 2.05) is 48.5 Å². The highest BCUT2D eigenvalue weighted by Gasteiger charge is 2.37. The molecule has 0 N–H and O–H groups in total. The number of esters is 1. The summed E-state index contributed by atoms with van der Waals surface area (Å²) in [5.74, 6) is -1.23. The summed E-state index contributed by atoms with van der Waals surface area (Å²) in [6, 6.07) is 21.8. The van der Waals surface area contributed by atoms with E-state index in [2.05, 4.69) is 0 Å². The summed E-state index contributed by atoms with van der Waals surface area (Å²) in [5, 5.41) is 3.15. The number of ether oxygens (including phenoxy) is 5. The number of alkyl halides is 1. The van der Waals surface area contributed by atoms with Gasteiger partial charge in [-0.05, 0) is 40.5 Å². The average Bonchev–Trinajstić information content (AvgIpc) is 4.18. The Kier molecular flexibility index (Phi) is 15.9. The van der Waals surface area contributed by atoms with Gasteiger partial charge in [-0.2, -0.15) is 0 Å². The molecule has 8 rings (SSSR count). The van der Waals surface area contributed by atoms with Gasteiger partial charge in [0.15, 0.2) is 0 Å². The van der Waals surface area contributed by atoms with Crippen molar-refractivity contribution in [2.75, 3.05) is 102 Å². The van der Waals surface area contributed by atoms with E-state index in [0.717, 1.165) is 43.5 Å². The van der Waals surface area contributed by atoms with Gasteiger partial charge in [0, 0.05) is 94.1 Å². The van der Waals surface area contributed by atoms with E-state index < -0.39 is 12.1 Å². The van der Waals surface area contributed by atoms with Crippen LogP contribution in [0.15, 0.2) is 84.9 Å². The van der Waals surface area contributed by atoms with Crippen molar-refractivity contribution in [1.82, 2.24) is 14.7 Å². The molecule has 3 aliphatic rings. The second-order valence-corrected chi connectivity index (χ2v) is 18.2. The van der Waals surface area contributed by atoms with Crippen molar-refractivity contribution in [3.05, 3.63) is 106 Å². The smallest absolute Gasteiger partial charge is 0.415 e. The second kappa shape index (κ2) is 22.4. The standard InChI is InChI=1S/C51H52ClN5O12S/c1-32(58)68-41-29-40-48(38-11-7-6-10-37(38)41)33(30-52)31-57(40)50(63)44-13-12-43(70-44)49(62)55-18-16-35-34-8-4-5-9-36(34)42(28-39(35)55)69-51(64)54(3)20-19-53(2)45(59)17-22-65-24-26-67-27-25-66-23-21-56-46(60)14-15-47(56)61/h4-15,28-29,33H,16-27,30-31H2,1-3H3. The minimum absolute atomic E-state index is 0.134. The minimum Gasteiger partial charge on any atom is -0.426 e. The molecule has 4 aromatic carbocycles. The molecule has 0 saturated carbocycles. The zero-order valence-electron chi connectivity index (χ0n) is 39.0. The van der Waals surface area contributed by atoms with Crippen molar-refractivity contribution in [1.29, 1.82) is 0 Å². The van der Waals surface area contributed by atoms with Gasteiger partial charge in [-0.3, -0.25) is 33.7 Å². The molecule has 3 aliphatic heterocycles. The topological polar surface area (TPSA) is 182 Å². The van der Waals surface area contributed by atoms with Gasteiger partial charge in [0.2, 0.25) is 5.91 Å². The number of rotatable bonds is 20. The van der Waals surface area contributed by atoms with E-state index in [-0.39, 0.29) is 99.6 Å². The molecule has 1 unspecified atom stereocenters. The maximum absolute atomic E-state index is 14.3. The van der Waals surface area contributed by atoms with Gasteiger partial charge in [0.25, 0.3) is 23.6 Å². The van der Waals surface area contributed by atoms with Gasteiger partial charge in [-0.1, -0.05) is 48.5 Å². The highest BCUT2D eigenvalue weighted by molar-refractivity contribution is 7.16. The number of fused-ring (bicyclic) bond motifs is 6. The summed E-state index contributed by atoms with van der Waals surface area (Å²) >= 11 is 7.57. The quantitative estimate of drug-likeness (QED) is 0.0275. The van der Waals surface area contributed by atoms with Gasteiger partial charge in [0.05, 0.1) is 73.7 Å². The Labute approximate surface area is 412 Å². The number of anilines is 2. The minimum atomic E-state index is -0.640. The molecule has 4 heterocycles. The first-order valence-corrected chi connectivity index (χ1v) is 24.2. The maximum Gasteiger partial charge on any atom is 0.415 e. The van der Waals surface area contributed by atoms with E-state index in [4.69, 9.17) is 35.3 Å². The van der Waals surface area contributed by atoms with Crippen LogP contribution in [-0.2, 0) is 39.8 Å². The number of halogens is 1. The maximum atomic E-state index is 14.3. The van der Waals surface area contributed by atoms with E-state index in [1.54, 1.807) is 48.2 Å². The number of likely N-dealkylation sites (N-methyl/N-ethyl adjacent to an activating group) is 2. The van der Waals surface area contributed by atoms with Crippen molar-refractivity contribution < 1.29 is 57.2 Å². The van der Waals surface area contributed by atoms with E-state index >= 15 is 0 Å². The summed E-state index contributed by atoms with van der Waals surface area (Å²) in [6.07, 6.45) is 2.52. The van der Waals surface area contributed by atoms with Crippen LogP contribution in [0.3, 0.4) is 0 Å². The summed E-state index contributed by atoms with van der Waals surface area (Å²) in [7, 11) is 3.23. The summed E-state index contributed by atoms with van der Waals surface area (Å²) < 4.78 is 28.0. The van der Waals surface area contributed by atoms with E-state index in [0.29, 0.717) is 65.0 Å². The number of hydrogen-bond acceptors (Lipinski definition) is 13. The fourth-order valence-electron chi connectivity index (χ4n) is 8.72. The third kappa shape index (κ3) is 10.9. The molecule has 6 amide bonds. The monoisotopic (exact) mass is 993 g/mol. The van der Waals surface area contributed by atoms with Crippen LogP contribution in [0, 0.1) is 0 Å². The number of thiophene rings is 1. The molecule has 0 aliphatic carbocycles. The first-order chi connectivity index (χ1) is 33.8. The zero-order chi connectivity index (χ0) is 49.5. The number of hydrogen-bond donors (Lipinski definition) is 0. The molecule has 0 radical (unpaired) electrons. The SMILES string of the molecule is CC(=O)Oc1cc2c(c3ccccc13)C(CCl)CN2C(=O)c1ccc(C(=O)N2CCc3c2cc(OC(=O)N(C)CCN(C)C(=O)CCOCCOCCOCCN2C(=O)C=CC2=O)c2ccccc32)s1. The first-order valence-electron chi connectivity index (χ1n) is 22.9. The molecular weight excluding hydrogens is 942 g/mol. The molecule has 0 spiro atoms. The van der Waals surface area contributed by atoms with Crippen LogP contribution in [-0.4, -0.2) is 149 Å². The predicted octanol–water partition coefficient (Wildman–Crippen LogP) is 6.42. The largest absolute Gasteiger partial charge is 0.426 e. The first kappa shape index (κ1) is 49.7. The average molecular weight is 995 g/mol. The highest BCUT2D eigenvalue weighted by Crippen LogP contribution is 2.47. The van der Waals surface area contributed by atoms with Gasteiger partial charge in [-0.15, -0.1) is 22.9 Å². The van der Waals surface area contributed by atoms with Crippen LogP contribution in [0.1, 0.15) is 49.7 Å². The number of carbonyl (C=O) groups is 7. The van der Waals surface area contributed by atoms with Gasteiger partial charge >= 0.3 is 12.1 Å². The lowest BCUT2D eigenvalue weighted by Crippen LogP contribution is -2.38. The molecule has 70 heavy (non-hydrogen) atoms. The molecular formula is C51H52ClN5O12S. The predicted molar refractivity (Wildman–Crippen MR) is 263 cm³/mol. The molecule has 5 aromatic rings. The molecule has 1 aromatic heterocycles. The Hall–Kier alpha value is -6.70. The van der Waals surface area contributed by atoms with Gasteiger partial charge < -0.3 is 43.3 Å². The second-order valence-electron chi connectivity index (χ2n) is 16.9. The third-order valence-electron chi connectivity index (χ3n) is 12.3. The summed E-state index contributed by atoms with van der Waals surface area (Å²) in [5.41, 5.74) is 3.04. The van der Waals surface area contributed by atoms with Crippen molar-refractivity contribution in [2.24, 2.45) is 0 Å². The normalized spacial score (nSPS) is 15.0. The Morgan fingerprint density at radius 3 is 1.90 bits per heavy atom.